The molecule has 0 saturated carbocycles. The second-order valence-corrected chi connectivity index (χ2v) is 5.99. The van der Waals surface area contributed by atoms with Crippen molar-refractivity contribution in [1.29, 1.82) is 0 Å². The number of anilines is 1. The predicted molar refractivity (Wildman–Crippen MR) is 95.1 cm³/mol. The fourth-order valence-corrected chi connectivity index (χ4v) is 3.21. The first-order valence-electron chi connectivity index (χ1n) is 8.27. The molecule has 1 amide bonds. The molecular formula is C19H19N3O3. The highest BCUT2D eigenvalue weighted by molar-refractivity contribution is 5.97. The molecule has 0 aliphatic carbocycles. The third-order valence-corrected chi connectivity index (χ3v) is 4.57. The summed E-state index contributed by atoms with van der Waals surface area (Å²) >= 11 is 0. The van der Waals surface area contributed by atoms with Crippen molar-refractivity contribution in [3.8, 4) is 5.75 Å². The fourth-order valence-electron chi connectivity index (χ4n) is 3.21. The number of methoxy groups -OCH3 is 1. The second kappa shape index (κ2) is 6.47. The van der Waals surface area contributed by atoms with E-state index in [1.165, 1.54) is 6.39 Å². The highest BCUT2D eigenvalue weighted by Crippen LogP contribution is 2.28. The van der Waals surface area contributed by atoms with Gasteiger partial charge in [-0.05, 0) is 30.3 Å². The molecule has 3 aromatic rings. The monoisotopic (exact) mass is 337 g/mol. The first-order valence-corrected chi connectivity index (χ1v) is 8.27. The van der Waals surface area contributed by atoms with E-state index >= 15 is 0 Å². The number of oxazole rings is 1. The van der Waals surface area contributed by atoms with Crippen molar-refractivity contribution in [2.75, 3.05) is 38.2 Å². The topological polar surface area (TPSA) is 58.8 Å². The van der Waals surface area contributed by atoms with Crippen LogP contribution in [0.4, 0.5) is 5.69 Å². The van der Waals surface area contributed by atoms with Crippen molar-refractivity contribution in [3.05, 3.63) is 54.4 Å². The van der Waals surface area contributed by atoms with Gasteiger partial charge < -0.3 is 19.0 Å². The van der Waals surface area contributed by atoms with Crippen LogP contribution in [0.25, 0.3) is 11.1 Å². The number of carbonyl (C=O) groups is 1. The smallest absolute Gasteiger partial charge is 0.254 e. The Morgan fingerprint density at radius 2 is 1.92 bits per heavy atom. The normalized spacial score (nSPS) is 14.8. The van der Waals surface area contributed by atoms with Crippen molar-refractivity contribution in [2.24, 2.45) is 0 Å². The molecule has 0 spiro atoms. The third-order valence-electron chi connectivity index (χ3n) is 4.57. The minimum Gasteiger partial charge on any atom is -0.495 e. The highest BCUT2D eigenvalue weighted by Gasteiger charge is 2.24. The molecule has 6 nitrogen and oxygen atoms in total. The maximum absolute atomic E-state index is 12.8. The lowest BCUT2D eigenvalue weighted by atomic mass is 10.1. The lowest BCUT2D eigenvalue weighted by Crippen LogP contribution is -2.48. The number of ether oxygens (including phenoxy) is 1. The molecule has 0 atom stereocenters. The van der Waals surface area contributed by atoms with Gasteiger partial charge in [0.1, 0.15) is 11.3 Å². The van der Waals surface area contributed by atoms with Crippen molar-refractivity contribution in [2.45, 2.75) is 0 Å². The number of piperazine rings is 1. The molecule has 0 radical (unpaired) electrons. The van der Waals surface area contributed by atoms with Crippen molar-refractivity contribution in [3.63, 3.8) is 0 Å². The zero-order chi connectivity index (χ0) is 17.2. The SMILES string of the molecule is COc1ccccc1N1CCN(C(=O)c2ccc3ocnc3c2)CC1. The van der Waals surface area contributed by atoms with E-state index in [0.717, 1.165) is 24.5 Å². The van der Waals surface area contributed by atoms with Gasteiger partial charge in [-0.25, -0.2) is 4.98 Å². The Morgan fingerprint density at radius 1 is 1.12 bits per heavy atom. The molecule has 1 aliphatic heterocycles. The van der Waals surface area contributed by atoms with E-state index in [9.17, 15) is 4.79 Å². The Morgan fingerprint density at radius 3 is 2.72 bits per heavy atom. The van der Waals surface area contributed by atoms with Gasteiger partial charge in [-0.15, -0.1) is 0 Å². The van der Waals surface area contributed by atoms with Crippen LogP contribution in [-0.2, 0) is 0 Å². The number of rotatable bonds is 3. The molecule has 25 heavy (non-hydrogen) atoms. The van der Waals surface area contributed by atoms with Crippen LogP contribution in [-0.4, -0.2) is 49.1 Å². The van der Waals surface area contributed by atoms with E-state index in [4.69, 9.17) is 9.15 Å². The van der Waals surface area contributed by atoms with Gasteiger partial charge in [0.25, 0.3) is 5.91 Å². The van der Waals surface area contributed by atoms with Gasteiger partial charge in [0.15, 0.2) is 12.0 Å². The molecular weight excluding hydrogens is 318 g/mol. The van der Waals surface area contributed by atoms with E-state index in [1.807, 2.05) is 23.1 Å². The van der Waals surface area contributed by atoms with Crippen molar-refractivity contribution >= 4 is 22.7 Å². The van der Waals surface area contributed by atoms with Crippen LogP contribution in [0.1, 0.15) is 10.4 Å². The zero-order valence-electron chi connectivity index (χ0n) is 14.0. The van der Waals surface area contributed by atoms with Gasteiger partial charge in [0.2, 0.25) is 0 Å². The van der Waals surface area contributed by atoms with Crippen LogP contribution >= 0.6 is 0 Å². The maximum atomic E-state index is 12.8. The summed E-state index contributed by atoms with van der Waals surface area (Å²) < 4.78 is 10.7. The van der Waals surface area contributed by atoms with Crippen molar-refractivity contribution in [1.82, 2.24) is 9.88 Å². The number of carbonyl (C=O) groups excluding carboxylic acids is 1. The van der Waals surface area contributed by atoms with E-state index in [0.29, 0.717) is 29.8 Å². The summed E-state index contributed by atoms with van der Waals surface area (Å²) in [5.41, 5.74) is 3.12. The molecule has 6 heteroatoms. The first-order chi connectivity index (χ1) is 12.3. The molecule has 2 aromatic carbocycles. The Bertz CT molecular complexity index is 898. The number of hydrogen-bond donors (Lipinski definition) is 0. The fraction of sp³-hybridized carbons (Fsp3) is 0.263. The number of para-hydroxylation sites is 2. The van der Waals surface area contributed by atoms with Gasteiger partial charge in [0.05, 0.1) is 12.8 Å². The summed E-state index contributed by atoms with van der Waals surface area (Å²) in [6.45, 7) is 2.90. The molecule has 1 aliphatic rings. The molecule has 0 bridgehead atoms. The lowest BCUT2D eigenvalue weighted by Gasteiger charge is -2.36. The van der Waals surface area contributed by atoms with Gasteiger partial charge in [0, 0.05) is 31.7 Å². The standard InChI is InChI=1S/C19H19N3O3/c1-24-18-5-3-2-4-16(18)21-8-10-22(11-9-21)19(23)14-6-7-17-15(12-14)20-13-25-17/h2-7,12-13H,8-11H2,1H3. The zero-order valence-corrected chi connectivity index (χ0v) is 14.0. The minimum absolute atomic E-state index is 0.0320. The highest BCUT2D eigenvalue weighted by atomic mass is 16.5. The molecule has 1 aromatic heterocycles. The Labute approximate surface area is 145 Å². The van der Waals surface area contributed by atoms with Crippen molar-refractivity contribution < 1.29 is 13.9 Å². The molecule has 2 heterocycles. The summed E-state index contributed by atoms with van der Waals surface area (Å²) in [6.07, 6.45) is 1.39. The van der Waals surface area contributed by atoms with E-state index < -0.39 is 0 Å². The quantitative estimate of drug-likeness (QED) is 0.735. The first kappa shape index (κ1) is 15.5. The van der Waals surface area contributed by atoms with Crippen LogP contribution in [0, 0.1) is 0 Å². The third kappa shape index (κ3) is 2.91. The maximum Gasteiger partial charge on any atom is 0.254 e. The van der Waals surface area contributed by atoms with Crippen LogP contribution in [0.5, 0.6) is 5.75 Å². The number of fused-ring (bicyclic) bond motifs is 1. The number of amides is 1. The average Bonchev–Trinajstić information content (AvgIpc) is 3.15. The lowest BCUT2D eigenvalue weighted by molar-refractivity contribution is 0.0747. The van der Waals surface area contributed by atoms with E-state index in [2.05, 4.69) is 16.0 Å². The summed E-state index contributed by atoms with van der Waals surface area (Å²) in [7, 11) is 1.68. The molecule has 0 unspecified atom stereocenters. The number of nitrogens with zero attached hydrogens (tertiary/aromatic N) is 3. The average molecular weight is 337 g/mol. The molecule has 1 fully saturated rings. The van der Waals surface area contributed by atoms with Crippen LogP contribution in [0.2, 0.25) is 0 Å². The van der Waals surface area contributed by atoms with Crippen LogP contribution < -0.4 is 9.64 Å². The second-order valence-electron chi connectivity index (χ2n) is 5.99. The van der Waals surface area contributed by atoms with E-state index in [1.54, 1.807) is 25.3 Å². The number of benzene rings is 2. The minimum atomic E-state index is 0.0320. The summed E-state index contributed by atoms with van der Waals surface area (Å²) in [4.78, 5) is 21.0. The van der Waals surface area contributed by atoms with Gasteiger partial charge >= 0.3 is 0 Å². The number of hydrogen-bond acceptors (Lipinski definition) is 5. The molecule has 128 valence electrons. The molecule has 4 rings (SSSR count). The van der Waals surface area contributed by atoms with Crippen LogP contribution in [0.3, 0.4) is 0 Å². The Hall–Kier alpha value is -3.02. The number of aromatic nitrogens is 1. The summed E-state index contributed by atoms with van der Waals surface area (Å²) in [5.74, 6) is 0.892. The van der Waals surface area contributed by atoms with Crippen LogP contribution in [0.15, 0.2) is 53.3 Å². The van der Waals surface area contributed by atoms with Gasteiger partial charge in [-0.1, -0.05) is 12.1 Å². The summed E-state index contributed by atoms with van der Waals surface area (Å²) in [5, 5.41) is 0. The predicted octanol–water partition coefficient (Wildman–Crippen LogP) is 2.80. The van der Waals surface area contributed by atoms with Gasteiger partial charge in [-0.3, -0.25) is 4.79 Å². The largest absolute Gasteiger partial charge is 0.495 e. The summed E-state index contributed by atoms with van der Waals surface area (Å²) in [6, 6.07) is 13.3. The van der Waals surface area contributed by atoms with Gasteiger partial charge in [-0.2, -0.15) is 0 Å². The molecule has 0 N–H and O–H groups in total. The van der Waals surface area contributed by atoms with E-state index in [-0.39, 0.29) is 5.91 Å². The molecule has 1 saturated heterocycles. The Kier molecular flexibility index (Phi) is 4.01. The Balaban J connectivity index is 1.46.